The highest BCUT2D eigenvalue weighted by Crippen LogP contribution is 2.34. The molecule has 142 valence electrons. The molecule has 2 aromatic carbocycles. The van der Waals surface area contributed by atoms with Gasteiger partial charge in [-0.3, -0.25) is 14.9 Å². The summed E-state index contributed by atoms with van der Waals surface area (Å²) < 4.78 is 5.38. The Kier molecular flexibility index (Phi) is 5.56. The highest BCUT2D eigenvalue weighted by atomic mass is 16.6. The molecule has 0 bridgehead atoms. The highest BCUT2D eigenvalue weighted by Gasteiger charge is 2.25. The number of anilines is 3. The van der Waals surface area contributed by atoms with E-state index in [4.69, 9.17) is 4.74 Å². The van der Waals surface area contributed by atoms with Crippen LogP contribution < -0.4 is 15.5 Å². The van der Waals surface area contributed by atoms with E-state index < -0.39 is 4.92 Å². The van der Waals surface area contributed by atoms with Crippen molar-refractivity contribution in [2.24, 2.45) is 0 Å². The second-order valence-electron chi connectivity index (χ2n) is 6.31. The first-order valence-electron chi connectivity index (χ1n) is 8.70. The molecule has 0 aliphatic carbocycles. The standard InChI is InChI=1S/C19H22N4O4/c1-13-3-5-14(6-4-13)21-19(24)15-11-18(23(25)26)16(20-2)12-17(15)22-7-9-27-10-8-22/h3-6,11-12,20H,7-10H2,1-2H3,(H,21,24). The lowest BCUT2D eigenvalue weighted by molar-refractivity contribution is -0.383. The number of hydrogen-bond acceptors (Lipinski definition) is 6. The zero-order valence-corrected chi connectivity index (χ0v) is 15.3. The van der Waals surface area contributed by atoms with E-state index in [9.17, 15) is 14.9 Å². The van der Waals surface area contributed by atoms with Gasteiger partial charge in [0.2, 0.25) is 0 Å². The van der Waals surface area contributed by atoms with Crippen molar-refractivity contribution in [3.63, 3.8) is 0 Å². The van der Waals surface area contributed by atoms with Crippen LogP contribution in [0.1, 0.15) is 15.9 Å². The summed E-state index contributed by atoms with van der Waals surface area (Å²) in [5, 5.41) is 17.1. The number of nitrogens with zero attached hydrogens (tertiary/aromatic N) is 2. The van der Waals surface area contributed by atoms with Gasteiger partial charge in [-0.25, -0.2) is 0 Å². The van der Waals surface area contributed by atoms with E-state index in [0.717, 1.165) is 5.56 Å². The molecule has 1 saturated heterocycles. The van der Waals surface area contributed by atoms with Gasteiger partial charge in [-0.15, -0.1) is 0 Å². The van der Waals surface area contributed by atoms with Gasteiger partial charge in [0.25, 0.3) is 11.6 Å². The molecule has 0 atom stereocenters. The van der Waals surface area contributed by atoms with Crippen LogP contribution in [0, 0.1) is 17.0 Å². The number of morpholine rings is 1. The van der Waals surface area contributed by atoms with Crippen molar-refractivity contribution in [3.8, 4) is 0 Å². The first-order valence-corrected chi connectivity index (χ1v) is 8.70. The Hall–Kier alpha value is -3.13. The maximum atomic E-state index is 12.9. The quantitative estimate of drug-likeness (QED) is 0.620. The number of ether oxygens (including phenoxy) is 1. The lowest BCUT2D eigenvalue weighted by Crippen LogP contribution is -2.37. The Bertz CT molecular complexity index is 846. The molecule has 0 spiro atoms. The van der Waals surface area contributed by atoms with Gasteiger partial charge >= 0.3 is 0 Å². The van der Waals surface area contributed by atoms with E-state index >= 15 is 0 Å². The zero-order chi connectivity index (χ0) is 19.4. The fourth-order valence-electron chi connectivity index (χ4n) is 3.01. The van der Waals surface area contributed by atoms with Gasteiger partial charge in [0.15, 0.2) is 0 Å². The maximum Gasteiger partial charge on any atom is 0.293 e. The summed E-state index contributed by atoms with van der Waals surface area (Å²) in [5.41, 5.74) is 2.87. The fraction of sp³-hybridized carbons (Fsp3) is 0.316. The number of aryl methyl sites for hydroxylation is 1. The highest BCUT2D eigenvalue weighted by molar-refractivity contribution is 6.09. The molecule has 1 amide bonds. The molecule has 1 aliphatic rings. The zero-order valence-electron chi connectivity index (χ0n) is 15.3. The topological polar surface area (TPSA) is 96.7 Å². The molecule has 0 aromatic heterocycles. The Morgan fingerprint density at radius 2 is 1.85 bits per heavy atom. The minimum Gasteiger partial charge on any atom is -0.383 e. The summed E-state index contributed by atoms with van der Waals surface area (Å²) in [6, 6.07) is 10.4. The minimum atomic E-state index is -0.489. The van der Waals surface area contributed by atoms with Gasteiger partial charge < -0.3 is 20.3 Å². The summed E-state index contributed by atoms with van der Waals surface area (Å²) in [6.07, 6.45) is 0. The normalized spacial score (nSPS) is 13.9. The van der Waals surface area contributed by atoms with E-state index in [0.29, 0.717) is 43.4 Å². The summed E-state index contributed by atoms with van der Waals surface area (Å²) in [6.45, 7) is 4.29. The molecule has 27 heavy (non-hydrogen) atoms. The third-order valence-corrected chi connectivity index (χ3v) is 4.49. The molecule has 8 nitrogen and oxygen atoms in total. The predicted molar refractivity (Wildman–Crippen MR) is 105 cm³/mol. The summed E-state index contributed by atoms with van der Waals surface area (Å²) in [4.78, 5) is 25.9. The number of hydrogen-bond donors (Lipinski definition) is 2. The van der Waals surface area contributed by atoms with Gasteiger partial charge in [-0.05, 0) is 25.1 Å². The van der Waals surface area contributed by atoms with Crippen molar-refractivity contribution < 1.29 is 14.5 Å². The smallest absolute Gasteiger partial charge is 0.293 e. The monoisotopic (exact) mass is 370 g/mol. The Labute approximate surface area is 157 Å². The SMILES string of the molecule is CNc1cc(N2CCOCC2)c(C(=O)Nc2ccc(C)cc2)cc1[N+](=O)[O-]. The number of carbonyl (C=O) groups is 1. The Morgan fingerprint density at radius 1 is 1.19 bits per heavy atom. The third kappa shape index (κ3) is 4.17. The number of nitrogens with one attached hydrogen (secondary N) is 2. The van der Waals surface area contributed by atoms with Crippen LogP contribution in [-0.4, -0.2) is 44.2 Å². The molecule has 1 fully saturated rings. The van der Waals surface area contributed by atoms with E-state index in [-0.39, 0.29) is 17.2 Å². The average molecular weight is 370 g/mol. The van der Waals surface area contributed by atoms with Crippen LogP contribution in [-0.2, 0) is 4.74 Å². The molecule has 0 radical (unpaired) electrons. The third-order valence-electron chi connectivity index (χ3n) is 4.49. The van der Waals surface area contributed by atoms with Crippen LogP contribution in [0.5, 0.6) is 0 Å². The second kappa shape index (κ2) is 8.05. The van der Waals surface area contributed by atoms with Crippen molar-refractivity contribution in [1.82, 2.24) is 0 Å². The van der Waals surface area contributed by atoms with Crippen molar-refractivity contribution in [3.05, 3.63) is 57.6 Å². The van der Waals surface area contributed by atoms with Gasteiger partial charge in [0.05, 0.1) is 29.4 Å². The van der Waals surface area contributed by atoms with Crippen LogP contribution in [0.4, 0.5) is 22.7 Å². The first-order chi connectivity index (χ1) is 13.0. The van der Waals surface area contributed by atoms with Gasteiger partial charge in [0, 0.05) is 31.9 Å². The van der Waals surface area contributed by atoms with Crippen LogP contribution in [0.15, 0.2) is 36.4 Å². The van der Waals surface area contributed by atoms with Crippen molar-refractivity contribution >= 4 is 28.7 Å². The summed E-state index contributed by atoms with van der Waals surface area (Å²) in [7, 11) is 1.62. The van der Waals surface area contributed by atoms with Crippen molar-refractivity contribution in [2.45, 2.75) is 6.92 Å². The number of benzene rings is 2. The molecule has 0 saturated carbocycles. The van der Waals surface area contributed by atoms with Crippen LogP contribution in [0.2, 0.25) is 0 Å². The van der Waals surface area contributed by atoms with Crippen LogP contribution >= 0.6 is 0 Å². The number of nitro groups is 1. The number of nitro benzene ring substituents is 1. The van der Waals surface area contributed by atoms with E-state index in [1.165, 1.54) is 6.07 Å². The number of rotatable bonds is 5. The van der Waals surface area contributed by atoms with Crippen molar-refractivity contribution in [2.75, 3.05) is 48.9 Å². The molecular formula is C19H22N4O4. The molecule has 3 rings (SSSR count). The molecule has 1 heterocycles. The molecule has 8 heteroatoms. The van der Waals surface area contributed by atoms with Gasteiger partial charge in [0.1, 0.15) is 5.69 Å². The minimum absolute atomic E-state index is 0.136. The van der Waals surface area contributed by atoms with E-state index in [1.807, 2.05) is 24.0 Å². The summed E-state index contributed by atoms with van der Waals surface area (Å²) in [5.74, 6) is -0.383. The number of amides is 1. The predicted octanol–water partition coefficient (Wildman–Crippen LogP) is 3.03. The molecule has 1 aliphatic heterocycles. The van der Waals surface area contributed by atoms with E-state index in [1.54, 1.807) is 25.2 Å². The molecule has 2 aromatic rings. The second-order valence-corrected chi connectivity index (χ2v) is 6.31. The maximum absolute atomic E-state index is 12.9. The van der Waals surface area contributed by atoms with Gasteiger partial charge in [-0.2, -0.15) is 0 Å². The largest absolute Gasteiger partial charge is 0.383 e. The Morgan fingerprint density at radius 3 is 2.44 bits per heavy atom. The van der Waals surface area contributed by atoms with Crippen LogP contribution in [0.3, 0.4) is 0 Å². The lowest BCUT2D eigenvalue weighted by atomic mass is 10.1. The van der Waals surface area contributed by atoms with Crippen LogP contribution in [0.25, 0.3) is 0 Å². The molecular weight excluding hydrogens is 348 g/mol. The number of carbonyl (C=O) groups excluding carboxylic acids is 1. The lowest BCUT2D eigenvalue weighted by Gasteiger charge is -2.30. The van der Waals surface area contributed by atoms with Crippen molar-refractivity contribution in [1.29, 1.82) is 0 Å². The van der Waals surface area contributed by atoms with E-state index in [2.05, 4.69) is 10.6 Å². The first kappa shape index (κ1) is 18.7. The Balaban J connectivity index is 2.01. The summed E-state index contributed by atoms with van der Waals surface area (Å²) >= 11 is 0. The average Bonchev–Trinajstić information content (AvgIpc) is 2.69. The molecule has 0 unspecified atom stereocenters. The fourth-order valence-corrected chi connectivity index (χ4v) is 3.01. The molecule has 2 N–H and O–H groups in total. The van der Waals surface area contributed by atoms with Gasteiger partial charge in [-0.1, -0.05) is 17.7 Å².